The van der Waals surface area contributed by atoms with Gasteiger partial charge in [0.05, 0.1) is 18.8 Å². The lowest BCUT2D eigenvalue weighted by Gasteiger charge is -2.16. The Labute approximate surface area is 102 Å². The summed E-state index contributed by atoms with van der Waals surface area (Å²) in [6.45, 7) is 3.98. The van der Waals surface area contributed by atoms with Gasteiger partial charge in [-0.25, -0.2) is 0 Å². The molecule has 0 aliphatic heterocycles. The van der Waals surface area contributed by atoms with Crippen LogP contribution in [-0.2, 0) is 0 Å². The maximum absolute atomic E-state index is 6.02. The summed E-state index contributed by atoms with van der Waals surface area (Å²) in [5.41, 5.74) is 1.88. The number of aryl methyl sites for hydroxylation is 1. The topological polar surface area (TPSA) is 21.3 Å². The number of anilines is 1. The van der Waals surface area contributed by atoms with E-state index in [1.807, 2.05) is 19.9 Å². The molecular formula is C13H16ClNO. The predicted octanol–water partition coefficient (Wildman–Crippen LogP) is 3.48. The van der Waals surface area contributed by atoms with Crippen molar-refractivity contribution < 1.29 is 4.74 Å². The number of halogens is 1. The predicted molar refractivity (Wildman–Crippen MR) is 69.3 cm³/mol. The number of benzene rings is 1. The molecule has 2 nitrogen and oxygen atoms in total. The molecular weight excluding hydrogens is 222 g/mol. The molecule has 0 heterocycles. The highest BCUT2D eigenvalue weighted by molar-refractivity contribution is 6.31. The Morgan fingerprint density at radius 3 is 2.75 bits per heavy atom. The van der Waals surface area contributed by atoms with Gasteiger partial charge < -0.3 is 10.1 Å². The van der Waals surface area contributed by atoms with E-state index in [0.717, 1.165) is 17.7 Å². The van der Waals surface area contributed by atoms with E-state index in [-0.39, 0.29) is 6.04 Å². The van der Waals surface area contributed by atoms with Crippen LogP contribution in [0, 0.1) is 19.3 Å². The zero-order valence-corrected chi connectivity index (χ0v) is 10.6. The Morgan fingerprint density at radius 2 is 2.25 bits per heavy atom. The summed E-state index contributed by atoms with van der Waals surface area (Å²) in [5, 5.41) is 3.94. The molecule has 0 amide bonds. The molecule has 0 saturated heterocycles. The summed E-state index contributed by atoms with van der Waals surface area (Å²) in [7, 11) is 1.61. The van der Waals surface area contributed by atoms with Gasteiger partial charge in [-0.3, -0.25) is 0 Å². The lowest BCUT2D eigenvalue weighted by molar-refractivity contribution is 0.416. The third-order valence-electron chi connectivity index (χ3n) is 2.42. The fourth-order valence-corrected chi connectivity index (χ4v) is 1.55. The van der Waals surface area contributed by atoms with Crippen molar-refractivity contribution in [2.24, 2.45) is 0 Å². The van der Waals surface area contributed by atoms with Crippen molar-refractivity contribution in [1.82, 2.24) is 0 Å². The fraction of sp³-hybridized carbons (Fsp3) is 0.385. The molecule has 1 N–H and O–H groups in total. The van der Waals surface area contributed by atoms with Crippen molar-refractivity contribution in [1.29, 1.82) is 0 Å². The second-order valence-corrected chi connectivity index (χ2v) is 3.98. The number of hydrogen-bond donors (Lipinski definition) is 1. The summed E-state index contributed by atoms with van der Waals surface area (Å²) in [5.74, 6) is 3.40. The molecule has 1 atom stereocenters. The maximum atomic E-state index is 6.02. The van der Waals surface area contributed by atoms with E-state index in [9.17, 15) is 0 Å². The molecule has 1 aromatic carbocycles. The number of rotatable bonds is 4. The zero-order valence-electron chi connectivity index (χ0n) is 9.80. The average Bonchev–Trinajstić information content (AvgIpc) is 2.29. The first-order valence-electron chi connectivity index (χ1n) is 5.19. The molecule has 0 bridgehead atoms. The van der Waals surface area contributed by atoms with E-state index in [1.54, 1.807) is 13.2 Å². The molecule has 0 aromatic heterocycles. The van der Waals surface area contributed by atoms with Crippen molar-refractivity contribution in [2.45, 2.75) is 26.3 Å². The summed E-state index contributed by atoms with van der Waals surface area (Å²) in [6.07, 6.45) is 6.27. The van der Waals surface area contributed by atoms with Gasteiger partial charge in [0.1, 0.15) is 5.75 Å². The van der Waals surface area contributed by atoms with Crippen molar-refractivity contribution in [3.8, 4) is 18.1 Å². The van der Waals surface area contributed by atoms with Crippen LogP contribution in [0.15, 0.2) is 12.1 Å². The Balaban J connectivity index is 3.03. The monoisotopic (exact) mass is 237 g/mol. The van der Waals surface area contributed by atoms with Gasteiger partial charge in [-0.1, -0.05) is 24.4 Å². The average molecular weight is 238 g/mol. The molecule has 0 saturated carbocycles. The summed E-state index contributed by atoms with van der Waals surface area (Å²) < 4.78 is 5.26. The van der Waals surface area contributed by atoms with E-state index < -0.39 is 0 Å². The van der Waals surface area contributed by atoms with Crippen LogP contribution in [0.2, 0.25) is 5.02 Å². The van der Waals surface area contributed by atoms with Crippen LogP contribution < -0.4 is 10.1 Å². The molecule has 0 fully saturated rings. The molecule has 0 spiro atoms. The summed E-state index contributed by atoms with van der Waals surface area (Å²) >= 11 is 6.02. The lowest BCUT2D eigenvalue weighted by atomic mass is 10.1. The minimum Gasteiger partial charge on any atom is -0.495 e. The molecule has 0 aliphatic rings. The molecule has 0 aliphatic carbocycles. The summed E-state index contributed by atoms with van der Waals surface area (Å²) in [4.78, 5) is 0. The van der Waals surface area contributed by atoms with Gasteiger partial charge in [0.15, 0.2) is 0 Å². The molecule has 1 rings (SSSR count). The quantitative estimate of drug-likeness (QED) is 0.810. The van der Waals surface area contributed by atoms with Crippen LogP contribution in [0.25, 0.3) is 0 Å². The molecule has 16 heavy (non-hydrogen) atoms. The Hall–Kier alpha value is -1.33. The van der Waals surface area contributed by atoms with Gasteiger partial charge in [0.2, 0.25) is 0 Å². The number of methoxy groups -OCH3 is 1. The first-order chi connectivity index (χ1) is 7.62. The van der Waals surface area contributed by atoms with Gasteiger partial charge in [-0.15, -0.1) is 6.42 Å². The van der Waals surface area contributed by atoms with Crippen molar-refractivity contribution in [2.75, 3.05) is 12.4 Å². The third-order valence-corrected chi connectivity index (χ3v) is 2.83. The normalized spacial score (nSPS) is 11.7. The highest BCUT2D eigenvalue weighted by atomic mass is 35.5. The van der Waals surface area contributed by atoms with Gasteiger partial charge in [0, 0.05) is 11.1 Å². The van der Waals surface area contributed by atoms with Crippen LogP contribution in [-0.4, -0.2) is 13.2 Å². The molecule has 3 heteroatoms. The van der Waals surface area contributed by atoms with Crippen molar-refractivity contribution in [3.05, 3.63) is 22.7 Å². The van der Waals surface area contributed by atoms with Crippen LogP contribution >= 0.6 is 11.6 Å². The van der Waals surface area contributed by atoms with Crippen LogP contribution in [0.1, 0.15) is 18.9 Å². The Morgan fingerprint density at radius 1 is 1.56 bits per heavy atom. The summed E-state index contributed by atoms with van der Waals surface area (Å²) in [6, 6.07) is 3.75. The number of terminal acetylenes is 1. The van der Waals surface area contributed by atoms with E-state index in [4.69, 9.17) is 22.8 Å². The van der Waals surface area contributed by atoms with Gasteiger partial charge >= 0.3 is 0 Å². The number of nitrogens with one attached hydrogen (secondary N) is 1. The second kappa shape index (κ2) is 5.67. The number of ether oxygens (including phenoxy) is 1. The largest absolute Gasteiger partial charge is 0.495 e. The maximum Gasteiger partial charge on any atom is 0.143 e. The third kappa shape index (κ3) is 2.84. The standard InChI is InChI=1S/C13H16ClNO/c1-5-10(6-2)15-12-7-9(3)11(14)8-13(12)16-4/h1,7-8,10,15H,6H2,2-4H3. The van der Waals surface area contributed by atoms with Gasteiger partial charge in [0.25, 0.3) is 0 Å². The van der Waals surface area contributed by atoms with Crippen LogP contribution in [0.4, 0.5) is 5.69 Å². The molecule has 86 valence electrons. The van der Waals surface area contributed by atoms with Crippen molar-refractivity contribution in [3.63, 3.8) is 0 Å². The second-order valence-electron chi connectivity index (χ2n) is 3.57. The molecule has 1 unspecified atom stereocenters. The van der Waals surface area contributed by atoms with E-state index >= 15 is 0 Å². The van der Waals surface area contributed by atoms with Crippen molar-refractivity contribution >= 4 is 17.3 Å². The van der Waals surface area contributed by atoms with Gasteiger partial charge in [-0.2, -0.15) is 0 Å². The van der Waals surface area contributed by atoms with E-state index in [1.165, 1.54) is 0 Å². The minimum atomic E-state index is 0.00877. The highest BCUT2D eigenvalue weighted by Gasteiger charge is 2.09. The van der Waals surface area contributed by atoms with E-state index in [2.05, 4.69) is 11.2 Å². The Bertz CT molecular complexity index is 409. The van der Waals surface area contributed by atoms with Crippen LogP contribution in [0.3, 0.4) is 0 Å². The Kier molecular flexibility index (Phi) is 4.52. The number of hydrogen-bond acceptors (Lipinski definition) is 2. The van der Waals surface area contributed by atoms with Crippen LogP contribution in [0.5, 0.6) is 5.75 Å². The SMILES string of the molecule is C#CC(CC)Nc1cc(C)c(Cl)cc1OC. The molecule has 1 aromatic rings. The zero-order chi connectivity index (χ0) is 12.1. The first-order valence-corrected chi connectivity index (χ1v) is 5.57. The van der Waals surface area contributed by atoms with E-state index in [0.29, 0.717) is 10.8 Å². The smallest absolute Gasteiger partial charge is 0.143 e. The minimum absolute atomic E-state index is 0.00877. The van der Waals surface area contributed by atoms with Gasteiger partial charge in [-0.05, 0) is 25.0 Å². The fourth-order valence-electron chi connectivity index (χ4n) is 1.39. The first kappa shape index (κ1) is 12.7. The molecule has 0 radical (unpaired) electrons. The lowest BCUT2D eigenvalue weighted by Crippen LogP contribution is -2.16. The highest BCUT2D eigenvalue weighted by Crippen LogP contribution is 2.31.